The van der Waals surface area contributed by atoms with Crippen molar-refractivity contribution >= 4 is 28.4 Å². The Morgan fingerprint density at radius 2 is 2.47 bits per heavy atom. The monoisotopic (exact) mass is 323 g/mol. The predicted molar refractivity (Wildman–Crippen MR) is 67.0 cm³/mol. The lowest BCUT2D eigenvalue weighted by atomic mass is 10.1. The molecule has 0 aliphatic heterocycles. The van der Waals surface area contributed by atoms with Crippen molar-refractivity contribution in [2.75, 3.05) is 11.9 Å². The lowest BCUT2D eigenvalue weighted by Gasteiger charge is -2.16. The summed E-state index contributed by atoms with van der Waals surface area (Å²) in [6, 6.07) is 0.151. The van der Waals surface area contributed by atoms with E-state index in [9.17, 15) is 4.79 Å². The van der Waals surface area contributed by atoms with E-state index in [2.05, 4.69) is 15.3 Å². The second kappa shape index (κ2) is 6.06. The third-order valence-corrected chi connectivity index (χ3v) is 3.11. The van der Waals surface area contributed by atoms with Crippen molar-refractivity contribution in [2.45, 2.75) is 25.8 Å². The molecule has 5 nitrogen and oxygen atoms in total. The van der Waals surface area contributed by atoms with Crippen LogP contribution in [0.4, 0.5) is 5.82 Å². The van der Waals surface area contributed by atoms with Crippen LogP contribution in [0, 0.1) is 3.57 Å². The SMILES string of the molecule is CCC(CCO)Nc1nc[nH]c(=O)c1I. The highest BCUT2D eigenvalue weighted by Gasteiger charge is 2.10. The summed E-state index contributed by atoms with van der Waals surface area (Å²) >= 11 is 1.95. The van der Waals surface area contributed by atoms with Gasteiger partial charge in [0.2, 0.25) is 0 Å². The standard InChI is InChI=1S/C9H14IN3O2/c1-2-6(3-4-14)13-8-7(10)9(15)12-5-11-8/h5-6,14H,2-4H2,1H3,(H2,11,12,13,15). The van der Waals surface area contributed by atoms with Gasteiger partial charge in [-0.2, -0.15) is 0 Å². The molecule has 1 unspecified atom stereocenters. The molecule has 0 radical (unpaired) electrons. The van der Waals surface area contributed by atoms with Gasteiger partial charge >= 0.3 is 0 Å². The van der Waals surface area contributed by atoms with Crippen LogP contribution < -0.4 is 10.9 Å². The highest BCUT2D eigenvalue weighted by Crippen LogP contribution is 2.12. The molecule has 1 rings (SSSR count). The Morgan fingerprint density at radius 3 is 3.07 bits per heavy atom. The second-order valence-corrected chi connectivity index (χ2v) is 4.23. The van der Waals surface area contributed by atoms with Crippen molar-refractivity contribution in [2.24, 2.45) is 0 Å². The van der Waals surface area contributed by atoms with E-state index in [0.29, 0.717) is 15.8 Å². The highest BCUT2D eigenvalue weighted by atomic mass is 127. The number of aromatic nitrogens is 2. The number of aliphatic hydroxyl groups excluding tert-OH is 1. The number of hydrogen-bond acceptors (Lipinski definition) is 4. The van der Waals surface area contributed by atoms with Gasteiger partial charge < -0.3 is 15.4 Å². The van der Waals surface area contributed by atoms with Crippen LogP contribution in [-0.2, 0) is 0 Å². The third kappa shape index (κ3) is 3.45. The van der Waals surface area contributed by atoms with Crippen LogP contribution in [0.2, 0.25) is 0 Å². The van der Waals surface area contributed by atoms with Crippen molar-refractivity contribution in [3.63, 3.8) is 0 Å². The Balaban J connectivity index is 2.79. The first-order valence-corrected chi connectivity index (χ1v) is 5.87. The molecule has 1 heterocycles. The minimum Gasteiger partial charge on any atom is -0.396 e. The molecular formula is C9H14IN3O2. The van der Waals surface area contributed by atoms with E-state index >= 15 is 0 Å². The molecule has 84 valence electrons. The molecule has 6 heteroatoms. The van der Waals surface area contributed by atoms with Crippen LogP contribution in [0.1, 0.15) is 19.8 Å². The minimum atomic E-state index is -0.146. The van der Waals surface area contributed by atoms with Gasteiger partial charge in [0.1, 0.15) is 9.39 Å². The van der Waals surface area contributed by atoms with Gasteiger partial charge in [-0.25, -0.2) is 4.98 Å². The zero-order chi connectivity index (χ0) is 11.3. The molecule has 0 amide bonds. The zero-order valence-corrected chi connectivity index (χ0v) is 10.6. The molecule has 1 atom stereocenters. The normalized spacial score (nSPS) is 12.5. The number of rotatable bonds is 5. The van der Waals surface area contributed by atoms with Gasteiger partial charge in [0, 0.05) is 12.6 Å². The Hall–Kier alpha value is -0.630. The molecule has 0 aliphatic carbocycles. The average Bonchev–Trinajstić information content (AvgIpc) is 2.24. The Bertz CT molecular complexity index is 367. The van der Waals surface area contributed by atoms with Crippen molar-refractivity contribution < 1.29 is 5.11 Å². The first kappa shape index (κ1) is 12.4. The molecule has 1 aromatic rings. The number of anilines is 1. The Kier molecular flexibility index (Phi) is 5.03. The quantitative estimate of drug-likeness (QED) is 0.705. The molecule has 15 heavy (non-hydrogen) atoms. The van der Waals surface area contributed by atoms with Crippen LogP contribution in [0.3, 0.4) is 0 Å². The number of nitrogens with one attached hydrogen (secondary N) is 2. The molecule has 0 bridgehead atoms. The lowest BCUT2D eigenvalue weighted by molar-refractivity contribution is 0.278. The number of aliphatic hydroxyl groups is 1. The van der Waals surface area contributed by atoms with E-state index in [1.165, 1.54) is 6.33 Å². The fourth-order valence-electron chi connectivity index (χ4n) is 1.21. The molecule has 1 aromatic heterocycles. The van der Waals surface area contributed by atoms with Crippen molar-refractivity contribution in [1.82, 2.24) is 9.97 Å². The molecule has 0 fully saturated rings. The molecule has 0 saturated heterocycles. The lowest BCUT2D eigenvalue weighted by Crippen LogP contribution is -2.23. The maximum absolute atomic E-state index is 11.3. The van der Waals surface area contributed by atoms with Crippen LogP contribution >= 0.6 is 22.6 Å². The summed E-state index contributed by atoms with van der Waals surface area (Å²) in [4.78, 5) is 17.8. The van der Waals surface area contributed by atoms with Gasteiger partial charge in [-0.3, -0.25) is 4.79 Å². The minimum absolute atomic E-state index is 0.130. The third-order valence-electron chi connectivity index (χ3n) is 2.11. The van der Waals surface area contributed by atoms with Crippen molar-refractivity contribution in [3.8, 4) is 0 Å². The van der Waals surface area contributed by atoms with E-state index < -0.39 is 0 Å². The first-order valence-electron chi connectivity index (χ1n) is 4.79. The van der Waals surface area contributed by atoms with Gasteiger partial charge in [-0.15, -0.1) is 0 Å². The topological polar surface area (TPSA) is 78.0 Å². The molecule has 3 N–H and O–H groups in total. The maximum Gasteiger partial charge on any atom is 0.266 e. The fourth-order valence-corrected chi connectivity index (χ4v) is 1.66. The van der Waals surface area contributed by atoms with Gasteiger partial charge in [0.25, 0.3) is 5.56 Å². The zero-order valence-electron chi connectivity index (χ0n) is 8.46. The van der Waals surface area contributed by atoms with Gasteiger partial charge in [0.15, 0.2) is 0 Å². The Morgan fingerprint density at radius 1 is 1.73 bits per heavy atom. The molecular weight excluding hydrogens is 309 g/mol. The molecule has 0 saturated carbocycles. The maximum atomic E-state index is 11.3. The summed E-state index contributed by atoms with van der Waals surface area (Å²) in [6.45, 7) is 2.15. The largest absolute Gasteiger partial charge is 0.396 e. The van der Waals surface area contributed by atoms with E-state index in [-0.39, 0.29) is 18.2 Å². The van der Waals surface area contributed by atoms with E-state index in [1.807, 2.05) is 29.5 Å². The molecule has 0 spiro atoms. The fraction of sp³-hybridized carbons (Fsp3) is 0.556. The smallest absolute Gasteiger partial charge is 0.266 e. The van der Waals surface area contributed by atoms with Crippen LogP contribution in [0.5, 0.6) is 0 Å². The van der Waals surface area contributed by atoms with E-state index in [4.69, 9.17) is 5.11 Å². The number of hydrogen-bond donors (Lipinski definition) is 3. The van der Waals surface area contributed by atoms with Crippen LogP contribution in [-0.4, -0.2) is 27.7 Å². The second-order valence-electron chi connectivity index (χ2n) is 3.16. The predicted octanol–water partition coefficient (Wildman–Crippen LogP) is 0.947. The molecule has 0 aliphatic rings. The molecule has 0 aromatic carbocycles. The van der Waals surface area contributed by atoms with Gasteiger partial charge in [-0.1, -0.05) is 6.92 Å². The summed E-state index contributed by atoms with van der Waals surface area (Å²) in [6.07, 6.45) is 2.91. The highest BCUT2D eigenvalue weighted by molar-refractivity contribution is 14.1. The van der Waals surface area contributed by atoms with Gasteiger partial charge in [-0.05, 0) is 35.4 Å². The summed E-state index contributed by atoms with van der Waals surface area (Å²) in [7, 11) is 0. The Labute approximate surface area is 101 Å². The number of halogens is 1. The first-order chi connectivity index (χ1) is 7.19. The van der Waals surface area contributed by atoms with Crippen molar-refractivity contribution in [1.29, 1.82) is 0 Å². The summed E-state index contributed by atoms with van der Waals surface area (Å²) in [5.41, 5.74) is -0.146. The van der Waals surface area contributed by atoms with Gasteiger partial charge in [0.05, 0.1) is 6.33 Å². The van der Waals surface area contributed by atoms with E-state index in [1.54, 1.807) is 0 Å². The number of nitrogens with zero attached hydrogens (tertiary/aromatic N) is 1. The van der Waals surface area contributed by atoms with Crippen molar-refractivity contribution in [3.05, 3.63) is 20.3 Å². The van der Waals surface area contributed by atoms with E-state index in [0.717, 1.165) is 6.42 Å². The summed E-state index contributed by atoms with van der Waals surface area (Å²) in [5.74, 6) is 0.583. The van der Waals surface area contributed by atoms with Crippen LogP contribution in [0.25, 0.3) is 0 Å². The average molecular weight is 323 g/mol. The van der Waals surface area contributed by atoms with Crippen LogP contribution in [0.15, 0.2) is 11.1 Å². The summed E-state index contributed by atoms with van der Waals surface area (Å²) in [5, 5.41) is 12.0. The number of H-pyrrole nitrogens is 1. The summed E-state index contributed by atoms with van der Waals surface area (Å²) < 4.78 is 0.548. The number of aromatic amines is 1.